The molecule has 16 heteroatoms. The van der Waals surface area contributed by atoms with E-state index in [2.05, 4.69) is 0 Å². The number of aldehydes is 2. The number of alkyl halides is 6. The van der Waals surface area contributed by atoms with Crippen LogP contribution in [-0.4, -0.2) is 30.3 Å². The fourth-order valence-electron chi connectivity index (χ4n) is 7.99. The molecule has 1 aromatic carbocycles. The Kier molecular flexibility index (Phi) is 10.9. The van der Waals surface area contributed by atoms with E-state index in [0.29, 0.717) is 34.8 Å². The molecule has 0 N–H and O–H groups in total. The van der Waals surface area contributed by atoms with E-state index in [1.54, 1.807) is 55.5 Å². The van der Waals surface area contributed by atoms with Crippen molar-refractivity contribution in [2.45, 2.75) is 38.5 Å². The van der Waals surface area contributed by atoms with Gasteiger partial charge in [-0.2, -0.15) is 26.3 Å². The number of halogens is 6. The number of rotatable bonds is 11. The van der Waals surface area contributed by atoms with Crippen molar-refractivity contribution in [3.63, 3.8) is 0 Å². The number of hydrogen-bond acceptors (Lipinski definition) is 10. The van der Waals surface area contributed by atoms with Gasteiger partial charge < -0.3 is 0 Å². The summed E-state index contributed by atoms with van der Waals surface area (Å²) >= 11 is 10.7. The third-order valence-electron chi connectivity index (χ3n) is 11.0. The maximum Gasteiger partial charge on any atom is 0.380 e. The highest BCUT2D eigenvalue weighted by atomic mass is 32.1. The lowest BCUT2D eigenvalue weighted by Crippen LogP contribution is -2.49. The summed E-state index contributed by atoms with van der Waals surface area (Å²) in [6.07, 6.45) is 1.60. The van der Waals surface area contributed by atoms with Crippen molar-refractivity contribution < 1.29 is 35.9 Å². The van der Waals surface area contributed by atoms with Crippen LogP contribution in [-0.2, 0) is 0 Å². The van der Waals surface area contributed by atoms with Crippen molar-refractivity contribution >= 4 is 114 Å². The molecule has 0 unspecified atom stereocenters. The SMILES string of the molecule is Cc1sc(-c2ccccc2)c(C)c1C1=C(c2c(-c3ccc(-c4ccc(-c5ccc(C=O)s5)s4)s3)sc(-c3ccc(-c4ccc(-c5ccc(C=O)s5)s4)s3)c2C)C(F)(F)C(F)(F)C1(F)F. The molecular formula is C48H28F6O2S8. The van der Waals surface area contributed by atoms with Crippen LogP contribution in [0.2, 0.25) is 0 Å². The third kappa shape index (κ3) is 6.86. The van der Waals surface area contributed by atoms with Gasteiger partial charge in [-0.1, -0.05) is 30.3 Å². The first-order valence-corrected chi connectivity index (χ1v) is 25.9. The van der Waals surface area contributed by atoms with E-state index in [1.807, 2.05) is 54.6 Å². The first-order chi connectivity index (χ1) is 30.6. The van der Waals surface area contributed by atoms with Crippen molar-refractivity contribution in [3.05, 3.63) is 140 Å². The summed E-state index contributed by atoms with van der Waals surface area (Å²) in [5.74, 6) is -16.2. The van der Waals surface area contributed by atoms with Crippen molar-refractivity contribution in [3.8, 4) is 69.0 Å². The van der Waals surface area contributed by atoms with E-state index in [9.17, 15) is 9.59 Å². The standard InChI is InChI=1S/C48H28F6O2S8/c1-23-39(25(3)57-43(23)26-7-5-4-6-8-26)41-42(47(51,52)48(53,54)46(41,49)50)40-24(2)44(37-19-17-35(62-37)33-15-13-31(60-33)29-11-9-27(21-55)58-29)64-45(40)38-20-18-36(63-38)34-16-14-32(61-34)30-12-10-28(22-56)59-30/h4-22H,1-3H3. The van der Waals surface area contributed by atoms with Gasteiger partial charge in [0.05, 0.1) is 14.6 Å². The quantitative estimate of drug-likeness (QED) is 0.0956. The summed E-state index contributed by atoms with van der Waals surface area (Å²) in [7, 11) is 0. The predicted octanol–water partition coefficient (Wildman–Crippen LogP) is 18.2. The first-order valence-electron chi connectivity index (χ1n) is 19.3. The average molecular weight is 1010 g/mol. The highest BCUT2D eigenvalue weighted by Gasteiger charge is 2.80. The smallest absolute Gasteiger partial charge is 0.297 e. The Morgan fingerprint density at radius 1 is 0.391 bits per heavy atom. The molecule has 1 aliphatic carbocycles. The largest absolute Gasteiger partial charge is 0.380 e. The van der Waals surface area contributed by atoms with Crippen LogP contribution >= 0.6 is 90.7 Å². The minimum atomic E-state index is -5.74. The Morgan fingerprint density at radius 2 is 0.766 bits per heavy atom. The molecule has 0 bridgehead atoms. The van der Waals surface area contributed by atoms with Crippen LogP contribution in [0.15, 0.2) is 103 Å². The molecule has 0 amide bonds. The average Bonchev–Trinajstić information content (AvgIpc) is 4.12. The highest BCUT2D eigenvalue weighted by molar-refractivity contribution is 7.31. The molecule has 0 atom stereocenters. The number of carbonyl (C=O) groups is 2. The van der Waals surface area contributed by atoms with Gasteiger partial charge in [-0.25, -0.2) is 0 Å². The molecule has 9 aromatic rings. The molecule has 10 rings (SSSR count). The van der Waals surface area contributed by atoms with Crippen molar-refractivity contribution in [2.75, 3.05) is 0 Å². The van der Waals surface area contributed by atoms with Crippen LogP contribution in [0.25, 0.3) is 80.1 Å². The molecule has 0 saturated heterocycles. The predicted molar refractivity (Wildman–Crippen MR) is 261 cm³/mol. The maximum absolute atomic E-state index is 16.9. The molecule has 0 radical (unpaired) electrons. The second kappa shape index (κ2) is 16.1. The summed E-state index contributed by atoms with van der Waals surface area (Å²) < 4.78 is 99.5. The lowest BCUT2D eigenvalue weighted by atomic mass is 9.90. The molecule has 0 saturated carbocycles. The van der Waals surface area contributed by atoms with Gasteiger partial charge in [-0.05, 0) is 110 Å². The minimum absolute atomic E-state index is 0.195. The lowest BCUT2D eigenvalue weighted by Gasteiger charge is -2.26. The van der Waals surface area contributed by atoms with Gasteiger partial charge in [0, 0.05) is 85.7 Å². The van der Waals surface area contributed by atoms with Crippen LogP contribution in [0.5, 0.6) is 0 Å². The van der Waals surface area contributed by atoms with Gasteiger partial charge in [-0.3, -0.25) is 9.59 Å². The third-order valence-corrected chi connectivity index (χ3v) is 21.1. The highest BCUT2D eigenvalue weighted by Crippen LogP contribution is 2.68. The van der Waals surface area contributed by atoms with Gasteiger partial charge >= 0.3 is 17.8 Å². The molecular weight excluding hydrogens is 979 g/mol. The molecule has 0 fully saturated rings. The Bertz CT molecular complexity index is 3300. The Morgan fingerprint density at radius 3 is 1.22 bits per heavy atom. The van der Waals surface area contributed by atoms with Crippen LogP contribution in [0, 0.1) is 20.8 Å². The summed E-state index contributed by atoms with van der Waals surface area (Å²) in [5, 5.41) is 0. The fourth-order valence-corrected chi connectivity index (χ4v) is 16.8. The van der Waals surface area contributed by atoms with Crippen LogP contribution < -0.4 is 0 Å². The molecule has 0 spiro atoms. The maximum atomic E-state index is 16.9. The monoisotopic (exact) mass is 1010 g/mol. The number of hydrogen-bond donors (Lipinski definition) is 0. The van der Waals surface area contributed by atoms with Gasteiger partial charge in [0.15, 0.2) is 12.6 Å². The molecule has 2 nitrogen and oxygen atoms in total. The number of allylic oxidation sites excluding steroid dienone is 2. The molecule has 0 aliphatic heterocycles. The van der Waals surface area contributed by atoms with Gasteiger partial charge in [0.25, 0.3) is 0 Å². The zero-order chi connectivity index (χ0) is 44.9. The van der Waals surface area contributed by atoms with E-state index >= 15 is 26.3 Å². The summed E-state index contributed by atoms with van der Waals surface area (Å²) in [5.41, 5.74) is -2.23. The normalized spacial score (nSPS) is 15.4. The summed E-state index contributed by atoms with van der Waals surface area (Å²) in [6, 6.07) is 31.2. The topological polar surface area (TPSA) is 34.1 Å². The second-order valence-corrected chi connectivity index (χ2v) is 23.7. The van der Waals surface area contributed by atoms with E-state index in [4.69, 9.17) is 0 Å². The molecule has 1 aliphatic rings. The first kappa shape index (κ1) is 43.4. The number of carbonyl (C=O) groups excluding carboxylic acids is 2. The molecule has 322 valence electrons. The molecule has 64 heavy (non-hydrogen) atoms. The number of aryl methyl sites for hydroxylation is 1. The number of thiophene rings is 8. The van der Waals surface area contributed by atoms with Gasteiger partial charge in [0.1, 0.15) is 0 Å². The zero-order valence-electron chi connectivity index (χ0n) is 33.3. The lowest BCUT2D eigenvalue weighted by molar-refractivity contribution is -0.254. The fraction of sp³-hybridized carbons (Fsp3) is 0.125. The van der Waals surface area contributed by atoms with Crippen molar-refractivity contribution in [2.24, 2.45) is 0 Å². The molecule has 8 aromatic heterocycles. The van der Waals surface area contributed by atoms with Gasteiger partial charge in [-0.15, -0.1) is 90.7 Å². The van der Waals surface area contributed by atoms with Crippen LogP contribution in [0.4, 0.5) is 26.3 Å². The van der Waals surface area contributed by atoms with Crippen molar-refractivity contribution in [1.82, 2.24) is 0 Å². The summed E-state index contributed by atoms with van der Waals surface area (Å²) in [6.45, 7) is 4.60. The van der Waals surface area contributed by atoms with E-state index in [-0.39, 0.29) is 32.0 Å². The van der Waals surface area contributed by atoms with E-state index in [1.165, 1.54) is 81.9 Å². The zero-order valence-corrected chi connectivity index (χ0v) is 39.9. The Hall–Kier alpha value is -4.52. The number of benzene rings is 1. The summed E-state index contributed by atoms with van der Waals surface area (Å²) in [4.78, 5) is 33.6. The molecule has 8 heterocycles. The Balaban J connectivity index is 1.16. The van der Waals surface area contributed by atoms with Crippen molar-refractivity contribution in [1.29, 1.82) is 0 Å². The van der Waals surface area contributed by atoms with Gasteiger partial charge in [0.2, 0.25) is 0 Å². The van der Waals surface area contributed by atoms with Crippen LogP contribution in [0.1, 0.15) is 46.5 Å². The minimum Gasteiger partial charge on any atom is -0.297 e. The van der Waals surface area contributed by atoms with Crippen LogP contribution in [0.3, 0.4) is 0 Å². The van der Waals surface area contributed by atoms with E-state index < -0.39 is 28.9 Å². The second-order valence-electron chi connectivity index (χ2n) is 14.9. The van der Waals surface area contributed by atoms with E-state index in [0.717, 1.165) is 74.3 Å². The Labute approximate surface area is 394 Å².